The highest BCUT2D eigenvalue weighted by molar-refractivity contribution is 5.95. The van der Waals surface area contributed by atoms with E-state index in [1.807, 2.05) is 43.3 Å². The predicted molar refractivity (Wildman–Crippen MR) is 98.6 cm³/mol. The molecule has 1 amide bonds. The van der Waals surface area contributed by atoms with Crippen molar-refractivity contribution in [1.29, 1.82) is 0 Å². The lowest BCUT2D eigenvalue weighted by Gasteiger charge is -2.14. The van der Waals surface area contributed by atoms with Crippen LogP contribution in [0.5, 0.6) is 5.75 Å². The zero-order valence-electron chi connectivity index (χ0n) is 14.8. The molecular weight excluding hydrogens is 318 g/mol. The SMILES string of the molecule is CCCCOC(=O)/C=C/c1ccc2ccccc2c1OC(=O)N(C)C. The van der Waals surface area contributed by atoms with Crippen LogP contribution in [-0.4, -0.2) is 37.7 Å². The summed E-state index contributed by atoms with van der Waals surface area (Å²) in [6, 6.07) is 11.3. The fourth-order valence-electron chi connectivity index (χ4n) is 2.21. The van der Waals surface area contributed by atoms with E-state index < -0.39 is 12.1 Å². The summed E-state index contributed by atoms with van der Waals surface area (Å²) in [4.78, 5) is 25.1. The predicted octanol–water partition coefficient (Wildman–Crippen LogP) is 4.26. The Balaban J connectivity index is 2.31. The minimum atomic E-state index is -0.475. The first-order valence-electron chi connectivity index (χ1n) is 8.28. The Bertz CT molecular complexity index is 780. The number of benzene rings is 2. The molecule has 5 heteroatoms. The molecule has 25 heavy (non-hydrogen) atoms. The lowest BCUT2D eigenvalue weighted by Crippen LogP contribution is -2.25. The quantitative estimate of drug-likeness (QED) is 0.448. The number of ether oxygens (including phenoxy) is 2. The highest BCUT2D eigenvalue weighted by Gasteiger charge is 2.13. The maximum absolute atomic E-state index is 12.0. The average molecular weight is 341 g/mol. The van der Waals surface area contributed by atoms with Gasteiger partial charge in [-0.2, -0.15) is 0 Å². The monoisotopic (exact) mass is 341 g/mol. The van der Waals surface area contributed by atoms with Crippen LogP contribution in [0.2, 0.25) is 0 Å². The van der Waals surface area contributed by atoms with Crippen LogP contribution in [0.3, 0.4) is 0 Å². The molecular formula is C20H23NO4. The van der Waals surface area contributed by atoms with Gasteiger partial charge in [0.15, 0.2) is 0 Å². The number of hydrogen-bond acceptors (Lipinski definition) is 4. The Morgan fingerprint density at radius 3 is 2.60 bits per heavy atom. The highest BCUT2D eigenvalue weighted by atomic mass is 16.6. The lowest BCUT2D eigenvalue weighted by molar-refractivity contribution is -0.137. The van der Waals surface area contributed by atoms with E-state index in [4.69, 9.17) is 9.47 Å². The molecule has 0 saturated heterocycles. The van der Waals surface area contributed by atoms with Crippen molar-refractivity contribution < 1.29 is 19.1 Å². The van der Waals surface area contributed by atoms with Gasteiger partial charge in [-0.25, -0.2) is 9.59 Å². The van der Waals surface area contributed by atoms with Gasteiger partial charge in [-0.15, -0.1) is 0 Å². The van der Waals surface area contributed by atoms with Gasteiger partial charge in [0.2, 0.25) is 0 Å². The minimum Gasteiger partial charge on any atom is -0.463 e. The maximum Gasteiger partial charge on any atom is 0.414 e. The van der Waals surface area contributed by atoms with Gasteiger partial charge in [-0.3, -0.25) is 0 Å². The van der Waals surface area contributed by atoms with Crippen molar-refractivity contribution in [3.63, 3.8) is 0 Å². The van der Waals surface area contributed by atoms with Gasteiger partial charge in [0.1, 0.15) is 5.75 Å². The number of hydrogen-bond donors (Lipinski definition) is 0. The molecule has 0 aliphatic heterocycles. The van der Waals surface area contributed by atoms with Gasteiger partial charge in [0.25, 0.3) is 0 Å². The van der Waals surface area contributed by atoms with E-state index in [1.165, 1.54) is 11.0 Å². The molecule has 2 aromatic rings. The summed E-state index contributed by atoms with van der Waals surface area (Å²) in [6.45, 7) is 2.43. The van der Waals surface area contributed by atoms with E-state index in [0.717, 1.165) is 23.6 Å². The number of nitrogens with zero attached hydrogens (tertiary/aromatic N) is 1. The zero-order valence-corrected chi connectivity index (χ0v) is 14.8. The van der Waals surface area contributed by atoms with Gasteiger partial charge in [-0.05, 0) is 17.9 Å². The molecule has 5 nitrogen and oxygen atoms in total. The van der Waals surface area contributed by atoms with Gasteiger partial charge in [-0.1, -0.05) is 49.7 Å². The molecule has 0 radical (unpaired) electrons. The van der Waals surface area contributed by atoms with Crippen LogP contribution < -0.4 is 4.74 Å². The lowest BCUT2D eigenvalue weighted by atomic mass is 10.0. The van der Waals surface area contributed by atoms with Crippen molar-refractivity contribution >= 4 is 28.9 Å². The fraction of sp³-hybridized carbons (Fsp3) is 0.300. The van der Waals surface area contributed by atoms with E-state index in [9.17, 15) is 9.59 Å². The summed E-state index contributed by atoms with van der Waals surface area (Å²) < 4.78 is 10.6. The molecule has 0 heterocycles. The van der Waals surface area contributed by atoms with Crippen LogP contribution in [0.25, 0.3) is 16.8 Å². The van der Waals surface area contributed by atoms with Crippen molar-refractivity contribution in [2.75, 3.05) is 20.7 Å². The number of carbonyl (C=O) groups is 2. The fourth-order valence-corrected chi connectivity index (χ4v) is 2.21. The molecule has 0 aliphatic rings. The normalized spacial score (nSPS) is 10.8. The Hall–Kier alpha value is -2.82. The molecule has 0 spiro atoms. The van der Waals surface area contributed by atoms with E-state index in [-0.39, 0.29) is 0 Å². The molecule has 0 unspecified atom stereocenters. The number of amides is 1. The second-order valence-electron chi connectivity index (χ2n) is 5.82. The van der Waals surface area contributed by atoms with Crippen molar-refractivity contribution in [1.82, 2.24) is 4.90 Å². The standard InChI is InChI=1S/C20H23NO4/c1-4-5-14-24-18(22)13-12-16-11-10-15-8-6-7-9-17(15)19(16)25-20(23)21(2)3/h6-13H,4-5,14H2,1-3H3/b13-12+. The van der Waals surface area contributed by atoms with E-state index in [0.29, 0.717) is 17.9 Å². The van der Waals surface area contributed by atoms with E-state index in [2.05, 4.69) is 0 Å². The highest BCUT2D eigenvalue weighted by Crippen LogP contribution is 2.31. The number of unbranched alkanes of at least 4 members (excludes halogenated alkanes) is 1. The first-order chi connectivity index (χ1) is 12.0. The zero-order chi connectivity index (χ0) is 18.2. The number of fused-ring (bicyclic) bond motifs is 1. The van der Waals surface area contributed by atoms with Gasteiger partial charge in [0.05, 0.1) is 6.61 Å². The number of esters is 1. The molecule has 2 rings (SSSR count). The van der Waals surface area contributed by atoms with Gasteiger partial charge in [0, 0.05) is 31.1 Å². The Labute approximate surface area is 147 Å². The van der Waals surface area contributed by atoms with Crippen molar-refractivity contribution in [2.45, 2.75) is 19.8 Å². The topological polar surface area (TPSA) is 55.8 Å². The molecule has 0 aliphatic carbocycles. The number of rotatable bonds is 6. The number of carbonyl (C=O) groups excluding carboxylic acids is 2. The van der Waals surface area contributed by atoms with Crippen LogP contribution in [-0.2, 0) is 9.53 Å². The second kappa shape index (κ2) is 8.87. The molecule has 0 aromatic heterocycles. The summed E-state index contributed by atoms with van der Waals surface area (Å²) in [7, 11) is 3.24. The van der Waals surface area contributed by atoms with Crippen molar-refractivity contribution in [3.05, 3.63) is 48.0 Å². The Morgan fingerprint density at radius 1 is 1.12 bits per heavy atom. The second-order valence-corrected chi connectivity index (χ2v) is 5.82. The van der Waals surface area contributed by atoms with E-state index >= 15 is 0 Å². The molecule has 132 valence electrons. The Kier molecular flexibility index (Phi) is 6.57. The van der Waals surface area contributed by atoms with E-state index in [1.54, 1.807) is 20.2 Å². The third-order valence-corrected chi connectivity index (χ3v) is 3.61. The summed E-state index contributed by atoms with van der Waals surface area (Å²) in [6.07, 6.45) is 4.29. The van der Waals surface area contributed by atoms with Gasteiger partial charge >= 0.3 is 12.1 Å². The smallest absolute Gasteiger partial charge is 0.414 e. The summed E-state index contributed by atoms with van der Waals surface area (Å²) >= 11 is 0. The third kappa shape index (κ3) is 5.08. The molecule has 0 bridgehead atoms. The van der Waals surface area contributed by atoms with Gasteiger partial charge < -0.3 is 14.4 Å². The first kappa shape index (κ1) is 18.5. The summed E-state index contributed by atoms with van der Waals surface area (Å²) in [5.74, 6) is 0.0147. The maximum atomic E-state index is 12.0. The largest absolute Gasteiger partial charge is 0.463 e. The minimum absolute atomic E-state index is 0.403. The Morgan fingerprint density at radius 2 is 1.88 bits per heavy atom. The van der Waals surface area contributed by atoms with Crippen LogP contribution in [0.15, 0.2) is 42.5 Å². The van der Waals surface area contributed by atoms with Crippen LogP contribution in [0.1, 0.15) is 25.3 Å². The molecule has 0 atom stereocenters. The van der Waals surface area contributed by atoms with Crippen LogP contribution in [0.4, 0.5) is 4.79 Å². The average Bonchev–Trinajstić information content (AvgIpc) is 2.61. The molecule has 2 aromatic carbocycles. The summed E-state index contributed by atoms with van der Waals surface area (Å²) in [5.41, 5.74) is 0.640. The summed E-state index contributed by atoms with van der Waals surface area (Å²) in [5, 5.41) is 1.76. The molecule has 0 saturated carbocycles. The van der Waals surface area contributed by atoms with Crippen molar-refractivity contribution in [2.24, 2.45) is 0 Å². The first-order valence-corrected chi connectivity index (χ1v) is 8.28. The third-order valence-electron chi connectivity index (χ3n) is 3.61. The molecule has 0 fully saturated rings. The van der Waals surface area contributed by atoms with Crippen LogP contribution in [0, 0.1) is 0 Å². The molecule has 0 N–H and O–H groups in total. The van der Waals surface area contributed by atoms with Crippen molar-refractivity contribution in [3.8, 4) is 5.75 Å². The van der Waals surface area contributed by atoms with Crippen LogP contribution >= 0.6 is 0 Å².